The molecule has 0 spiro atoms. The second kappa shape index (κ2) is 9.59. The van der Waals surface area contributed by atoms with Crippen molar-refractivity contribution in [2.75, 3.05) is 24.7 Å². The lowest BCUT2D eigenvalue weighted by molar-refractivity contribution is 0.0707. The summed E-state index contributed by atoms with van der Waals surface area (Å²) in [4.78, 5) is 17.7. The number of ketones is 1. The summed E-state index contributed by atoms with van der Waals surface area (Å²) in [6.45, 7) is 4.54. The van der Waals surface area contributed by atoms with E-state index in [-0.39, 0.29) is 29.8 Å². The molecule has 1 unspecified atom stereocenters. The Morgan fingerprint density at radius 1 is 1.31 bits per heavy atom. The SMILES string of the molecule is CC(F)Oc1cccc(-c2cn(C3CCOCC3)c3cc(C(=O)C[C@@]4(C)CCS(=O)(=O)C4)ncc23)c1. The summed E-state index contributed by atoms with van der Waals surface area (Å²) < 4.78 is 50.5. The summed E-state index contributed by atoms with van der Waals surface area (Å²) in [6, 6.07) is 9.33. The lowest BCUT2D eigenvalue weighted by atomic mass is 9.84. The van der Waals surface area contributed by atoms with Crippen molar-refractivity contribution in [1.29, 1.82) is 0 Å². The number of sulfone groups is 1. The number of alkyl halides is 1. The van der Waals surface area contributed by atoms with E-state index in [2.05, 4.69) is 15.7 Å². The highest BCUT2D eigenvalue weighted by Gasteiger charge is 2.40. The monoisotopic (exact) mass is 514 g/mol. The van der Waals surface area contributed by atoms with Gasteiger partial charge in [0.2, 0.25) is 6.36 Å². The average Bonchev–Trinajstić information content (AvgIpc) is 3.35. The molecule has 0 N–H and O–H groups in total. The third-order valence-corrected chi connectivity index (χ3v) is 9.17. The highest BCUT2D eigenvalue weighted by atomic mass is 32.2. The summed E-state index contributed by atoms with van der Waals surface area (Å²) in [5, 5.41) is 0.887. The molecule has 2 atom stereocenters. The molecule has 2 saturated heterocycles. The molecule has 7 nitrogen and oxygen atoms in total. The first-order valence-corrected chi connectivity index (χ1v) is 14.2. The van der Waals surface area contributed by atoms with E-state index < -0.39 is 21.6 Å². The van der Waals surface area contributed by atoms with Gasteiger partial charge in [-0.05, 0) is 48.4 Å². The van der Waals surface area contributed by atoms with Gasteiger partial charge >= 0.3 is 0 Å². The summed E-state index contributed by atoms with van der Waals surface area (Å²) in [5.74, 6) is 0.453. The Bertz CT molecular complexity index is 1390. The topological polar surface area (TPSA) is 87.5 Å². The van der Waals surface area contributed by atoms with Crippen LogP contribution in [0.2, 0.25) is 0 Å². The number of benzene rings is 1. The molecule has 2 fully saturated rings. The molecule has 0 aliphatic carbocycles. The number of carbonyl (C=O) groups excluding carboxylic acids is 1. The second-order valence-corrected chi connectivity index (χ2v) is 12.5. The van der Waals surface area contributed by atoms with Crippen molar-refractivity contribution in [1.82, 2.24) is 9.55 Å². The zero-order chi connectivity index (χ0) is 25.5. The van der Waals surface area contributed by atoms with Gasteiger partial charge in [0.25, 0.3) is 0 Å². The van der Waals surface area contributed by atoms with Gasteiger partial charge < -0.3 is 14.0 Å². The lowest BCUT2D eigenvalue weighted by Gasteiger charge is -2.24. The van der Waals surface area contributed by atoms with E-state index in [9.17, 15) is 17.6 Å². The van der Waals surface area contributed by atoms with Crippen molar-refractivity contribution < 1.29 is 27.1 Å². The Balaban J connectivity index is 1.54. The minimum absolute atomic E-state index is 0.0342. The molecule has 2 aliphatic heterocycles. The quantitative estimate of drug-likeness (QED) is 0.406. The number of Topliss-reactive ketones (excluding diaryl/α,β-unsaturated/α-hetero) is 1. The van der Waals surface area contributed by atoms with Crippen LogP contribution in [0.15, 0.2) is 42.7 Å². The van der Waals surface area contributed by atoms with Crippen LogP contribution in [0.4, 0.5) is 4.39 Å². The summed E-state index contributed by atoms with van der Waals surface area (Å²) in [7, 11) is -3.10. The van der Waals surface area contributed by atoms with Gasteiger partial charge in [0.1, 0.15) is 11.4 Å². The van der Waals surface area contributed by atoms with Crippen LogP contribution in [0, 0.1) is 5.41 Å². The number of fused-ring (bicyclic) bond motifs is 1. The minimum Gasteiger partial charge on any atom is -0.461 e. The molecule has 3 aromatic rings. The molecule has 0 bridgehead atoms. The minimum atomic E-state index is -3.10. The molecule has 192 valence electrons. The predicted molar refractivity (Wildman–Crippen MR) is 136 cm³/mol. The Hall–Kier alpha value is -2.78. The molecule has 36 heavy (non-hydrogen) atoms. The van der Waals surface area contributed by atoms with Crippen LogP contribution in [-0.2, 0) is 14.6 Å². The van der Waals surface area contributed by atoms with Crippen LogP contribution in [0.3, 0.4) is 0 Å². The van der Waals surface area contributed by atoms with E-state index in [1.54, 1.807) is 18.3 Å². The maximum Gasteiger partial charge on any atom is 0.235 e. The van der Waals surface area contributed by atoms with Crippen molar-refractivity contribution in [3.8, 4) is 16.9 Å². The van der Waals surface area contributed by atoms with E-state index >= 15 is 0 Å². The Morgan fingerprint density at radius 2 is 2.08 bits per heavy atom. The smallest absolute Gasteiger partial charge is 0.235 e. The standard InChI is InChI=1S/C27H31FN2O5S/c1-18(28)35-21-5-3-4-19(12-21)23-16-30(20-6-9-34-10-7-20)25-13-24(29-15-22(23)25)26(31)14-27(2)8-11-36(32,33)17-27/h3-5,12-13,15-16,18,20H,6-11,14,17H2,1-2H3/t18?,27-/m1/s1. The van der Waals surface area contributed by atoms with Crippen molar-refractivity contribution in [2.24, 2.45) is 5.41 Å². The van der Waals surface area contributed by atoms with Gasteiger partial charge in [-0.15, -0.1) is 0 Å². The van der Waals surface area contributed by atoms with Gasteiger partial charge in [0, 0.05) is 55.9 Å². The summed E-state index contributed by atoms with van der Waals surface area (Å²) in [5.41, 5.74) is 2.47. The molecule has 0 saturated carbocycles. The number of ether oxygens (including phenoxy) is 2. The number of nitrogens with zero attached hydrogens (tertiary/aromatic N) is 2. The molecule has 0 amide bonds. The average molecular weight is 515 g/mol. The number of carbonyl (C=O) groups is 1. The molecular formula is C27H31FN2O5S. The highest BCUT2D eigenvalue weighted by molar-refractivity contribution is 7.91. The molecule has 1 aromatic carbocycles. The molecule has 0 radical (unpaired) electrons. The lowest BCUT2D eigenvalue weighted by Crippen LogP contribution is -2.23. The van der Waals surface area contributed by atoms with Gasteiger partial charge in [0.05, 0.1) is 17.0 Å². The first-order chi connectivity index (χ1) is 17.1. The number of aromatic nitrogens is 2. The molecular weight excluding hydrogens is 483 g/mol. The number of hydrogen-bond donors (Lipinski definition) is 0. The van der Waals surface area contributed by atoms with E-state index in [0.29, 0.717) is 31.1 Å². The van der Waals surface area contributed by atoms with Gasteiger partial charge in [-0.25, -0.2) is 12.8 Å². The molecule has 9 heteroatoms. The summed E-state index contributed by atoms with van der Waals surface area (Å²) >= 11 is 0. The first-order valence-electron chi connectivity index (χ1n) is 12.4. The van der Waals surface area contributed by atoms with E-state index in [0.717, 1.165) is 34.9 Å². The zero-order valence-corrected chi connectivity index (χ0v) is 21.4. The van der Waals surface area contributed by atoms with Crippen LogP contribution in [0.5, 0.6) is 5.75 Å². The van der Waals surface area contributed by atoms with E-state index in [4.69, 9.17) is 9.47 Å². The van der Waals surface area contributed by atoms with Crippen molar-refractivity contribution >= 4 is 26.5 Å². The van der Waals surface area contributed by atoms with Crippen LogP contribution >= 0.6 is 0 Å². The fourth-order valence-corrected chi connectivity index (χ4v) is 7.67. The number of hydrogen-bond acceptors (Lipinski definition) is 6. The number of halogens is 1. The van der Waals surface area contributed by atoms with E-state index in [1.807, 2.05) is 25.1 Å². The third kappa shape index (κ3) is 5.18. The normalized spacial score (nSPS) is 23.1. The van der Waals surface area contributed by atoms with Crippen molar-refractivity contribution in [3.63, 3.8) is 0 Å². The Kier molecular flexibility index (Phi) is 6.63. The highest BCUT2D eigenvalue weighted by Crippen LogP contribution is 2.38. The third-order valence-electron chi connectivity index (χ3n) is 7.20. The molecule has 5 rings (SSSR count). The predicted octanol–water partition coefficient (Wildman–Crippen LogP) is 5.15. The Morgan fingerprint density at radius 3 is 2.78 bits per heavy atom. The molecule has 2 aliphatic rings. The van der Waals surface area contributed by atoms with Gasteiger partial charge in [0.15, 0.2) is 15.6 Å². The fraction of sp³-hybridized carbons (Fsp3) is 0.481. The van der Waals surface area contributed by atoms with Crippen LogP contribution < -0.4 is 4.74 Å². The van der Waals surface area contributed by atoms with Gasteiger partial charge in [-0.3, -0.25) is 9.78 Å². The van der Waals surface area contributed by atoms with Crippen molar-refractivity contribution in [3.05, 3.63) is 48.4 Å². The maximum absolute atomic E-state index is 13.4. The molecule has 2 aromatic heterocycles. The number of pyridine rings is 1. The Labute approximate surface area is 210 Å². The number of rotatable bonds is 7. The van der Waals surface area contributed by atoms with Crippen LogP contribution in [0.25, 0.3) is 22.0 Å². The molecule has 4 heterocycles. The van der Waals surface area contributed by atoms with Gasteiger partial charge in [-0.1, -0.05) is 19.1 Å². The summed E-state index contributed by atoms with van der Waals surface area (Å²) in [6.07, 6.45) is 4.71. The zero-order valence-electron chi connectivity index (χ0n) is 20.6. The largest absolute Gasteiger partial charge is 0.461 e. The second-order valence-electron chi connectivity index (χ2n) is 10.3. The van der Waals surface area contributed by atoms with Crippen LogP contribution in [-0.4, -0.2) is 54.8 Å². The maximum atomic E-state index is 13.4. The van der Waals surface area contributed by atoms with E-state index in [1.165, 1.54) is 6.92 Å². The van der Waals surface area contributed by atoms with Crippen LogP contribution in [0.1, 0.15) is 56.1 Å². The van der Waals surface area contributed by atoms with Gasteiger partial charge in [-0.2, -0.15) is 0 Å². The van der Waals surface area contributed by atoms with Crippen molar-refractivity contribution in [2.45, 2.75) is 51.9 Å². The first kappa shape index (κ1) is 24.9. The fourth-order valence-electron chi connectivity index (χ4n) is 5.41.